The zero-order chi connectivity index (χ0) is 13.6. The molecule has 0 saturated heterocycles. The molecule has 0 aliphatic carbocycles. The molecule has 0 aliphatic rings. The smallest absolute Gasteiger partial charge is 0.408 e. The first kappa shape index (κ1) is 14.0. The molecule has 1 rings (SSSR count). The molecule has 0 atom stereocenters. The first-order valence-electron chi connectivity index (χ1n) is 5.68. The molecule has 0 spiro atoms. The molecule has 98 valence electrons. The van der Waals surface area contributed by atoms with Gasteiger partial charge in [0, 0.05) is 5.69 Å². The van der Waals surface area contributed by atoms with Crippen LogP contribution in [0.3, 0.4) is 0 Å². The molecule has 1 aromatic carbocycles. The summed E-state index contributed by atoms with van der Waals surface area (Å²) in [6.45, 7) is 5.16. The minimum absolute atomic E-state index is 0.121. The molecule has 1 aromatic rings. The third kappa shape index (κ3) is 5.89. The van der Waals surface area contributed by atoms with Gasteiger partial charge in [-0.3, -0.25) is 4.79 Å². The van der Waals surface area contributed by atoms with Crippen LogP contribution >= 0.6 is 0 Å². The fraction of sp³-hybridized carbons (Fsp3) is 0.385. The number of alkyl carbamates (subject to hydrolysis) is 1. The van der Waals surface area contributed by atoms with Crippen molar-refractivity contribution in [2.75, 3.05) is 11.9 Å². The van der Waals surface area contributed by atoms with Crippen molar-refractivity contribution in [3.05, 3.63) is 30.3 Å². The molecule has 0 heterocycles. The van der Waals surface area contributed by atoms with Crippen LogP contribution in [0.5, 0.6) is 0 Å². The predicted octanol–water partition coefficient (Wildman–Crippen LogP) is 2.15. The van der Waals surface area contributed by atoms with Gasteiger partial charge in [-0.2, -0.15) is 0 Å². The van der Waals surface area contributed by atoms with E-state index in [-0.39, 0.29) is 12.5 Å². The maximum Gasteiger partial charge on any atom is 0.408 e. The Morgan fingerprint density at radius 1 is 1.17 bits per heavy atom. The number of amides is 2. The van der Waals surface area contributed by atoms with Crippen LogP contribution in [0, 0.1) is 0 Å². The number of carbonyl (C=O) groups is 2. The van der Waals surface area contributed by atoms with Crippen LogP contribution in [0.15, 0.2) is 30.3 Å². The molecule has 2 N–H and O–H groups in total. The van der Waals surface area contributed by atoms with Crippen molar-refractivity contribution in [1.29, 1.82) is 0 Å². The third-order valence-corrected chi connectivity index (χ3v) is 1.85. The Balaban J connectivity index is 2.32. The van der Waals surface area contributed by atoms with Crippen LogP contribution in [-0.4, -0.2) is 24.1 Å². The maximum atomic E-state index is 11.5. The van der Waals surface area contributed by atoms with Gasteiger partial charge in [0.2, 0.25) is 5.91 Å². The molecule has 0 saturated carbocycles. The Hall–Kier alpha value is -2.04. The van der Waals surface area contributed by atoms with E-state index < -0.39 is 11.7 Å². The van der Waals surface area contributed by atoms with Crippen LogP contribution in [0.25, 0.3) is 0 Å². The van der Waals surface area contributed by atoms with Gasteiger partial charge in [0.15, 0.2) is 0 Å². The van der Waals surface area contributed by atoms with Gasteiger partial charge in [0.1, 0.15) is 12.1 Å². The highest BCUT2D eigenvalue weighted by Gasteiger charge is 2.16. The van der Waals surface area contributed by atoms with E-state index in [2.05, 4.69) is 10.6 Å². The summed E-state index contributed by atoms with van der Waals surface area (Å²) in [5.41, 5.74) is 0.119. The monoisotopic (exact) mass is 250 g/mol. The molecule has 0 fully saturated rings. The zero-order valence-corrected chi connectivity index (χ0v) is 10.8. The SMILES string of the molecule is CC(C)(C)OC(=O)NCC(=O)Nc1ccccc1. The Labute approximate surface area is 107 Å². The molecule has 5 nitrogen and oxygen atoms in total. The van der Waals surface area contributed by atoms with Crippen molar-refractivity contribution in [2.45, 2.75) is 26.4 Å². The van der Waals surface area contributed by atoms with E-state index in [1.165, 1.54) is 0 Å². The summed E-state index contributed by atoms with van der Waals surface area (Å²) < 4.78 is 5.01. The summed E-state index contributed by atoms with van der Waals surface area (Å²) in [5.74, 6) is -0.299. The average molecular weight is 250 g/mol. The van der Waals surface area contributed by atoms with Crippen LogP contribution in [-0.2, 0) is 9.53 Å². The van der Waals surface area contributed by atoms with Crippen molar-refractivity contribution < 1.29 is 14.3 Å². The van der Waals surface area contributed by atoms with Crippen LogP contribution in [0.2, 0.25) is 0 Å². The fourth-order valence-electron chi connectivity index (χ4n) is 1.19. The number of benzene rings is 1. The molecule has 2 amide bonds. The normalized spacial score (nSPS) is 10.6. The number of anilines is 1. The lowest BCUT2D eigenvalue weighted by Crippen LogP contribution is -2.37. The van der Waals surface area contributed by atoms with E-state index in [4.69, 9.17) is 4.74 Å². The van der Waals surface area contributed by atoms with Crippen LogP contribution in [0.4, 0.5) is 10.5 Å². The molecule has 0 unspecified atom stereocenters. The number of hydrogen-bond donors (Lipinski definition) is 2. The number of ether oxygens (including phenoxy) is 1. The second-order valence-electron chi connectivity index (χ2n) is 4.77. The molecule has 0 bridgehead atoms. The predicted molar refractivity (Wildman–Crippen MR) is 69.3 cm³/mol. The average Bonchev–Trinajstić information content (AvgIpc) is 2.25. The highest BCUT2D eigenvalue weighted by atomic mass is 16.6. The molecule has 5 heteroatoms. The van der Waals surface area contributed by atoms with Gasteiger partial charge in [-0.05, 0) is 32.9 Å². The highest BCUT2D eigenvalue weighted by Crippen LogP contribution is 2.06. The third-order valence-electron chi connectivity index (χ3n) is 1.85. The Morgan fingerprint density at radius 3 is 2.33 bits per heavy atom. The van der Waals surface area contributed by atoms with Gasteiger partial charge in [0.25, 0.3) is 0 Å². The van der Waals surface area contributed by atoms with Crippen molar-refractivity contribution in [2.24, 2.45) is 0 Å². The van der Waals surface area contributed by atoms with Gasteiger partial charge < -0.3 is 15.4 Å². The maximum absolute atomic E-state index is 11.5. The van der Waals surface area contributed by atoms with Gasteiger partial charge in [0.05, 0.1) is 0 Å². The lowest BCUT2D eigenvalue weighted by molar-refractivity contribution is -0.115. The molecular formula is C13H18N2O3. The fourth-order valence-corrected chi connectivity index (χ4v) is 1.19. The van der Waals surface area contributed by atoms with Crippen molar-refractivity contribution in [1.82, 2.24) is 5.32 Å². The standard InChI is InChI=1S/C13H18N2O3/c1-13(2,3)18-12(17)14-9-11(16)15-10-7-5-4-6-8-10/h4-8H,9H2,1-3H3,(H,14,17)(H,15,16). The van der Waals surface area contributed by atoms with Gasteiger partial charge in [-0.1, -0.05) is 18.2 Å². The summed E-state index contributed by atoms with van der Waals surface area (Å²) in [6, 6.07) is 9.03. The first-order valence-corrected chi connectivity index (χ1v) is 5.68. The molecule has 0 aliphatic heterocycles. The first-order chi connectivity index (χ1) is 8.37. The van der Waals surface area contributed by atoms with Crippen LogP contribution in [0.1, 0.15) is 20.8 Å². The number of hydrogen-bond acceptors (Lipinski definition) is 3. The molecule has 18 heavy (non-hydrogen) atoms. The number of carbonyl (C=O) groups excluding carboxylic acids is 2. The Morgan fingerprint density at radius 2 is 1.78 bits per heavy atom. The summed E-state index contributed by atoms with van der Waals surface area (Å²) in [7, 11) is 0. The van der Waals surface area contributed by atoms with Crippen LogP contribution < -0.4 is 10.6 Å². The van der Waals surface area contributed by atoms with Crippen molar-refractivity contribution in [3.63, 3.8) is 0 Å². The molecular weight excluding hydrogens is 232 g/mol. The minimum atomic E-state index is -0.606. The second-order valence-corrected chi connectivity index (χ2v) is 4.77. The topological polar surface area (TPSA) is 67.4 Å². The van der Waals surface area contributed by atoms with Crippen molar-refractivity contribution >= 4 is 17.7 Å². The Kier molecular flexibility index (Phi) is 4.71. The zero-order valence-electron chi connectivity index (χ0n) is 10.8. The largest absolute Gasteiger partial charge is 0.444 e. The quantitative estimate of drug-likeness (QED) is 0.863. The van der Waals surface area contributed by atoms with E-state index in [1.807, 2.05) is 18.2 Å². The van der Waals surface area contributed by atoms with E-state index in [1.54, 1.807) is 32.9 Å². The number of rotatable bonds is 3. The van der Waals surface area contributed by atoms with E-state index >= 15 is 0 Å². The molecule has 0 aromatic heterocycles. The molecule has 0 radical (unpaired) electrons. The number of nitrogens with one attached hydrogen (secondary N) is 2. The Bertz CT molecular complexity index is 410. The van der Waals surface area contributed by atoms with Gasteiger partial charge in [-0.25, -0.2) is 4.79 Å². The van der Waals surface area contributed by atoms with E-state index in [0.29, 0.717) is 5.69 Å². The minimum Gasteiger partial charge on any atom is -0.444 e. The summed E-state index contributed by atoms with van der Waals surface area (Å²) in [4.78, 5) is 22.8. The summed E-state index contributed by atoms with van der Waals surface area (Å²) >= 11 is 0. The lowest BCUT2D eigenvalue weighted by atomic mass is 10.2. The van der Waals surface area contributed by atoms with E-state index in [9.17, 15) is 9.59 Å². The van der Waals surface area contributed by atoms with E-state index in [0.717, 1.165) is 0 Å². The second kappa shape index (κ2) is 6.05. The highest BCUT2D eigenvalue weighted by molar-refractivity contribution is 5.93. The number of para-hydroxylation sites is 1. The van der Waals surface area contributed by atoms with Gasteiger partial charge in [-0.15, -0.1) is 0 Å². The summed E-state index contributed by atoms with van der Waals surface area (Å²) in [5, 5.41) is 5.04. The lowest BCUT2D eigenvalue weighted by Gasteiger charge is -2.19. The van der Waals surface area contributed by atoms with Crippen molar-refractivity contribution in [3.8, 4) is 0 Å². The van der Waals surface area contributed by atoms with Gasteiger partial charge >= 0.3 is 6.09 Å². The summed E-state index contributed by atoms with van der Waals surface area (Å²) in [6.07, 6.45) is -0.606.